The summed E-state index contributed by atoms with van der Waals surface area (Å²) >= 11 is 3.55. The molecule has 1 aromatic rings. The number of rotatable bonds is 3. The Balaban J connectivity index is 2.05. The second-order valence-corrected chi connectivity index (χ2v) is 6.68. The third-order valence-electron chi connectivity index (χ3n) is 4.41. The topological polar surface area (TPSA) is 12.0 Å². The quantitative estimate of drug-likeness (QED) is 0.804. The summed E-state index contributed by atoms with van der Waals surface area (Å²) in [6.45, 7) is 7.00. The fourth-order valence-corrected chi connectivity index (χ4v) is 3.30. The molecule has 1 aliphatic carbocycles. The van der Waals surface area contributed by atoms with Gasteiger partial charge in [-0.2, -0.15) is 0 Å². The Bertz CT molecular complexity index is 402. The Hall–Kier alpha value is -0.500. The minimum absolute atomic E-state index is 0.655. The Kier molecular flexibility index (Phi) is 4.71. The first-order chi connectivity index (χ1) is 8.60. The first-order valence-corrected chi connectivity index (χ1v) is 7.94. The zero-order valence-electron chi connectivity index (χ0n) is 11.7. The molecule has 0 heterocycles. The summed E-state index contributed by atoms with van der Waals surface area (Å²) in [4.78, 5) is 0. The van der Waals surface area contributed by atoms with Gasteiger partial charge in [-0.1, -0.05) is 36.7 Å². The average Bonchev–Trinajstić information content (AvgIpc) is 2.36. The lowest BCUT2D eigenvalue weighted by atomic mass is 9.79. The number of benzene rings is 1. The monoisotopic (exact) mass is 309 g/mol. The largest absolute Gasteiger partial charge is 0.382 e. The van der Waals surface area contributed by atoms with E-state index in [-0.39, 0.29) is 0 Å². The van der Waals surface area contributed by atoms with Gasteiger partial charge >= 0.3 is 0 Å². The summed E-state index contributed by atoms with van der Waals surface area (Å²) in [5, 5.41) is 3.76. The molecule has 100 valence electrons. The van der Waals surface area contributed by atoms with Crippen LogP contribution in [0.4, 0.5) is 5.69 Å². The lowest BCUT2D eigenvalue weighted by Crippen LogP contribution is -2.30. The highest BCUT2D eigenvalue weighted by molar-refractivity contribution is 9.10. The van der Waals surface area contributed by atoms with E-state index in [1.165, 1.54) is 35.0 Å². The molecule has 0 saturated heterocycles. The van der Waals surface area contributed by atoms with Crippen LogP contribution in [-0.4, -0.2) is 6.04 Å². The van der Waals surface area contributed by atoms with E-state index < -0.39 is 0 Å². The van der Waals surface area contributed by atoms with Crippen molar-refractivity contribution in [2.45, 2.75) is 52.5 Å². The van der Waals surface area contributed by atoms with Crippen LogP contribution in [0.15, 0.2) is 22.7 Å². The van der Waals surface area contributed by atoms with Crippen molar-refractivity contribution in [3.8, 4) is 0 Å². The number of nitrogens with one attached hydrogen (secondary N) is 1. The first-order valence-electron chi connectivity index (χ1n) is 7.15. The van der Waals surface area contributed by atoms with Crippen LogP contribution in [0.25, 0.3) is 0 Å². The van der Waals surface area contributed by atoms with Gasteiger partial charge in [0.25, 0.3) is 0 Å². The Morgan fingerprint density at radius 1 is 1.22 bits per heavy atom. The van der Waals surface area contributed by atoms with Gasteiger partial charge in [0.1, 0.15) is 0 Å². The summed E-state index contributed by atoms with van der Waals surface area (Å²) < 4.78 is 1.18. The molecule has 1 fully saturated rings. The van der Waals surface area contributed by atoms with Crippen molar-refractivity contribution in [2.75, 3.05) is 5.32 Å². The van der Waals surface area contributed by atoms with Crippen LogP contribution in [0.2, 0.25) is 0 Å². The maximum atomic E-state index is 3.76. The van der Waals surface area contributed by atoms with E-state index in [4.69, 9.17) is 0 Å². The van der Waals surface area contributed by atoms with Crippen LogP contribution in [-0.2, 0) is 6.42 Å². The van der Waals surface area contributed by atoms with E-state index in [0.717, 1.165) is 18.3 Å². The predicted molar refractivity (Wildman–Crippen MR) is 83.1 cm³/mol. The molecule has 18 heavy (non-hydrogen) atoms. The van der Waals surface area contributed by atoms with Gasteiger partial charge in [0.15, 0.2) is 0 Å². The van der Waals surface area contributed by atoms with Gasteiger partial charge in [0.05, 0.1) is 0 Å². The van der Waals surface area contributed by atoms with Crippen molar-refractivity contribution in [2.24, 2.45) is 11.8 Å². The molecule has 0 aromatic heterocycles. The van der Waals surface area contributed by atoms with Crippen LogP contribution in [0, 0.1) is 11.8 Å². The predicted octanol–water partition coefficient (Wildman–Crippen LogP) is 5.25. The molecule has 1 nitrogen and oxygen atoms in total. The molecule has 0 aliphatic heterocycles. The van der Waals surface area contributed by atoms with Crippen molar-refractivity contribution >= 4 is 21.6 Å². The van der Waals surface area contributed by atoms with Gasteiger partial charge in [-0.15, -0.1) is 0 Å². The maximum Gasteiger partial charge on any atom is 0.0375 e. The molecule has 1 saturated carbocycles. The average molecular weight is 310 g/mol. The van der Waals surface area contributed by atoms with Crippen molar-refractivity contribution in [1.29, 1.82) is 0 Å². The maximum absolute atomic E-state index is 3.76. The van der Waals surface area contributed by atoms with Gasteiger partial charge in [-0.3, -0.25) is 0 Å². The van der Waals surface area contributed by atoms with Gasteiger partial charge < -0.3 is 5.32 Å². The second kappa shape index (κ2) is 6.10. The van der Waals surface area contributed by atoms with Gasteiger partial charge in [-0.25, -0.2) is 0 Å². The number of hydrogen-bond donors (Lipinski definition) is 1. The lowest BCUT2D eigenvalue weighted by molar-refractivity contribution is 0.261. The highest BCUT2D eigenvalue weighted by Gasteiger charge is 2.24. The van der Waals surface area contributed by atoms with Crippen molar-refractivity contribution < 1.29 is 0 Å². The number of halogens is 1. The Morgan fingerprint density at radius 2 is 2.00 bits per heavy atom. The molecular formula is C16H24BrN. The fourth-order valence-electron chi connectivity index (χ4n) is 2.89. The molecule has 1 N–H and O–H groups in total. The Morgan fingerprint density at radius 3 is 2.67 bits per heavy atom. The van der Waals surface area contributed by atoms with E-state index in [1.807, 2.05) is 0 Å². The van der Waals surface area contributed by atoms with Crippen molar-refractivity contribution in [3.05, 3.63) is 28.2 Å². The van der Waals surface area contributed by atoms with Crippen LogP contribution in [0.3, 0.4) is 0 Å². The summed E-state index contributed by atoms with van der Waals surface area (Å²) in [5.41, 5.74) is 2.74. The molecule has 3 atom stereocenters. The van der Waals surface area contributed by atoms with Crippen LogP contribution >= 0.6 is 15.9 Å². The normalized spacial score (nSPS) is 28.1. The number of anilines is 1. The van der Waals surface area contributed by atoms with Crippen molar-refractivity contribution in [1.82, 2.24) is 0 Å². The second-order valence-electron chi connectivity index (χ2n) is 5.76. The molecule has 1 aliphatic rings. The molecule has 2 heteroatoms. The van der Waals surface area contributed by atoms with Crippen LogP contribution in [0.5, 0.6) is 0 Å². The third-order valence-corrected chi connectivity index (χ3v) is 4.90. The molecule has 0 spiro atoms. The van der Waals surface area contributed by atoms with E-state index in [1.54, 1.807) is 0 Å². The first kappa shape index (κ1) is 13.9. The van der Waals surface area contributed by atoms with Gasteiger partial charge in [0.2, 0.25) is 0 Å². The minimum atomic E-state index is 0.655. The molecule has 2 rings (SSSR count). The molecule has 3 unspecified atom stereocenters. The smallest absolute Gasteiger partial charge is 0.0375 e. The summed E-state index contributed by atoms with van der Waals surface area (Å²) in [5.74, 6) is 1.73. The summed E-state index contributed by atoms with van der Waals surface area (Å²) in [6, 6.07) is 7.24. The lowest BCUT2D eigenvalue weighted by Gasteiger charge is -2.33. The molecular weight excluding hydrogens is 286 g/mol. The van der Waals surface area contributed by atoms with E-state index in [9.17, 15) is 0 Å². The standard InChI is InChI=1S/C16H24BrN/c1-4-13-10-14(17)6-8-16(13)18-15-7-5-11(2)12(3)9-15/h6,8,10-12,15,18H,4-5,7,9H2,1-3H3. The minimum Gasteiger partial charge on any atom is -0.382 e. The van der Waals surface area contributed by atoms with Gasteiger partial charge in [0, 0.05) is 16.2 Å². The number of hydrogen-bond acceptors (Lipinski definition) is 1. The molecule has 1 aromatic carbocycles. The van der Waals surface area contributed by atoms with E-state index in [0.29, 0.717) is 6.04 Å². The van der Waals surface area contributed by atoms with E-state index in [2.05, 4.69) is 60.2 Å². The highest BCUT2D eigenvalue weighted by atomic mass is 79.9. The zero-order valence-corrected chi connectivity index (χ0v) is 13.3. The third kappa shape index (κ3) is 3.28. The SMILES string of the molecule is CCc1cc(Br)ccc1NC1CCC(C)C(C)C1. The van der Waals surface area contributed by atoms with Gasteiger partial charge in [-0.05, 0) is 61.3 Å². The summed E-state index contributed by atoms with van der Waals surface area (Å²) in [6.07, 6.45) is 5.06. The molecule has 0 radical (unpaired) electrons. The van der Waals surface area contributed by atoms with E-state index >= 15 is 0 Å². The highest BCUT2D eigenvalue weighted by Crippen LogP contribution is 2.32. The Labute approximate surface area is 119 Å². The fraction of sp³-hybridized carbons (Fsp3) is 0.625. The number of aryl methyl sites for hydroxylation is 1. The molecule has 0 amide bonds. The summed E-state index contributed by atoms with van der Waals surface area (Å²) in [7, 11) is 0. The zero-order chi connectivity index (χ0) is 13.1. The van der Waals surface area contributed by atoms with Crippen LogP contribution < -0.4 is 5.32 Å². The van der Waals surface area contributed by atoms with Crippen LogP contribution in [0.1, 0.15) is 45.6 Å². The molecule has 0 bridgehead atoms. The van der Waals surface area contributed by atoms with Crippen molar-refractivity contribution in [3.63, 3.8) is 0 Å².